The molecular formula is C8H19N5O2. The largest absolute Gasteiger partial charge is 0.480 e. The molecule has 0 spiro atoms. The monoisotopic (exact) mass is 217 g/mol. The molecule has 0 aromatic rings. The maximum Gasteiger partial charge on any atom is 0.322 e. The predicted molar refractivity (Wildman–Crippen MR) is 57.8 cm³/mol. The molecule has 8 N–H and O–H groups in total. The Morgan fingerprint density at radius 2 is 2.13 bits per heavy atom. The fraction of sp³-hybridized carbons (Fsp3) is 0.750. The lowest BCUT2D eigenvalue weighted by atomic mass is 9.94. The van der Waals surface area contributed by atoms with E-state index in [1.54, 1.807) is 0 Å². The number of nitrogens with zero attached hydrogens (tertiary/aromatic N) is 1. The van der Waals surface area contributed by atoms with Gasteiger partial charge >= 0.3 is 5.97 Å². The summed E-state index contributed by atoms with van der Waals surface area (Å²) in [6.45, 7) is 2.31. The Hall–Kier alpha value is -1.34. The number of carbonyl (C=O) groups is 1. The van der Waals surface area contributed by atoms with E-state index >= 15 is 0 Å². The molecule has 7 nitrogen and oxygen atoms in total. The number of carboxylic acids is 1. The second-order valence-corrected chi connectivity index (χ2v) is 3.25. The molecule has 0 rings (SSSR count). The van der Waals surface area contributed by atoms with E-state index in [1.807, 2.05) is 6.92 Å². The molecule has 88 valence electrons. The van der Waals surface area contributed by atoms with Gasteiger partial charge in [0.1, 0.15) is 6.04 Å². The van der Waals surface area contributed by atoms with Gasteiger partial charge in [-0.1, -0.05) is 13.3 Å². The minimum atomic E-state index is -0.964. The van der Waals surface area contributed by atoms with Gasteiger partial charge in [-0.2, -0.15) is 0 Å². The number of aliphatic imine (C=N–C) groups is 1. The normalized spacial score (nSPS) is 14.3. The van der Waals surface area contributed by atoms with Crippen molar-refractivity contribution in [3.05, 3.63) is 0 Å². The minimum Gasteiger partial charge on any atom is -0.480 e. The third-order valence-electron chi connectivity index (χ3n) is 2.24. The van der Waals surface area contributed by atoms with Crippen LogP contribution in [-0.2, 0) is 4.79 Å². The lowest BCUT2D eigenvalue weighted by Gasteiger charge is -2.20. The first-order valence-electron chi connectivity index (χ1n) is 4.77. The molecule has 0 bridgehead atoms. The molecule has 0 aliphatic carbocycles. The first-order chi connectivity index (χ1) is 7.02. The molecular weight excluding hydrogens is 198 g/mol. The Bertz CT molecular complexity index is 227. The van der Waals surface area contributed by atoms with Crippen LogP contribution in [0.4, 0.5) is 0 Å². The van der Waals surface area contributed by atoms with Gasteiger partial charge in [0.25, 0.3) is 0 Å². The first kappa shape index (κ1) is 13.7. The van der Waals surface area contributed by atoms with E-state index in [4.69, 9.17) is 22.4 Å². The summed E-state index contributed by atoms with van der Waals surface area (Å²) >= 11 is 0. The first-order valence-corrected chi connectivity index (χ1v) is 4.77. The van der Waals surface area contributed by atoms with Crippen LogP contribution in [0, 0.1) is 5.92 Å². The molecule has 0 fully saturated rings. The number of rotatable bonds is 7. The van der Waals surface area contributed by atoms with Crippen molar-refractivity contribution in [3.8, 4) is 0 Å². The maximum absolute atomic E-state index is 10.8. The number of aliphatic carboxylic acids is 1. The smallest absolute Gasteiger partial charge is 0.322 e. The summed E-state index contributed by atoms with van der Waals surface area (Å²) in [5.74, 6) is 4.13. The lowest BCUT2D eigenvalue weighted by molar-refractivity contribution is -0.141. The van der Waals surface area contributed by atoms with Crippen LogP contribution >= 0.6 is 0 Å². The van der Waals surface area contributed by atoms with Crippen LogP contribution in [-0.4, -0.2) is 29.6 Å². The maximum atomic E-state index is 10.8. The van der Waals surface area contributed by atoms with Gasteiger partial charge in [0.05, 0.1) is 0 Å². The molecule has 1 unspecified atom stereocenters. The fourth-order valence-corrected chi connectivity index (χ4v) is 1.37. The second-order valence-electron chi connectivity index (χ2n) is 3.25. The summed E-state index contributed by atoms with van der Waals surface area (Å²) in [6, 6.07) is -0.760. The van der Waals surface area contributed by atoms with Gasteiger partial charge in [0.2, 0.25) is 0 Å². The second kappa shape index (κ2) is 7.02. The average molecular weight is 217 g/mol. The third kappa shape index (κ3) is 5.18. The molecule has 0 aliphatic heterocycles. The minimum absolute atomic E-state index is 0.0115. The van der Waals surface area contributed by atoms with E-state index in [0.717, 1.165) is 0 Å². The molecule has 0 aromatic heterocycles. The van der Waals surface area contributed by atoms with E-state index in [2.05, 4.69) is 10.4 Å². The van der Waals surface area contributed by atoms with Crippen LogP contribution in [0.1, 0.15) is 19.8 Å². The molecule has 0 amide bonds. The molecule has 0 saturated carbocycles. The predicted octanol–water partition coefficient (Wildman–Crippen LogP) is -1.41. The van der Waals surface area contributed by atoms with Crippen molar-refractivity contribution in [2.75, 3.05) is 6.54 Å². The van der Waals surface area contributed by atoms with E-state index in [0.29, 0.717) is 19.4 Å². The summed E-state index contributed by atoms with van der Waals surface area (Å²) in [5, 5.41) is 8.86. The number of nitrogens with one attached hydrogen (secondary N) is 1. The Labute approximate surface area is 88.7 Å². The van der Waals surface area contributed by atoms with Gasteiger partial charge in [-0.15, -0.1) is 0 Å². The number of guanidine groups is 1. The summed E-state index contributed by atoms with van der Waals surface area (Å²) in [4.78, 5) is 14.6. The number of hydrogen-bond donors (Lipinski definition) is 5. The van der Waals surface area contributed by atoms with Gasteiger partial charge in [-0.3, -0.25) is 15.6 Å². The number of hydrogen-bond acceptors (Lipinski definition) is 4. The van der Waals surface area contributed by atoms with Crippen molar-refractivity contribution < 1.29 is 9.90 Å². The van der Waals surface area contributed by atoms with Crippen molar-refractivity contribution >= 4 is 11.9 Å². The van der Waals surface area contributed by atoms with E-state index in [-0.39, 0.29) is 11.9 Å². The molecule has 0 aliphatic rings. The van der Waals surface area contributed by atoms with Crippen LogP contribution in [0.15, 0.2) is 4.99 Å². The lowest BCUT2D eigenvalue weighted by Crippen LogP contribution is -2.46. The van der Waals surface area contributed by atoms with Crippen LogP contribution in [0.2, 0.25) is 0 Å². The van der Waals surface area contributed by atoms with Crippen LogP contribution < -0.4 is 22.7 Å². The van der Waals surface area contributed by atoms with E-state index in [1.165, 1.54) is 0 Å². The summed E-state index contributed by atoms with van der Waals surface area (Å²) in [5.41, 5.74) is 12.6. The quantitative estimate of drug-likeness (QED) is 0.154. The van der Waals surface area contributed by atoms with Crippen LogP contribution in [0.3, 0.4) is 0 Å². The zero-order valence-electron chi connectivity index (χ0n) is 8.81. The molecule has 2 atom stereocenters. The van der Waals surface area contributed by atoms with Crippen molar-refractivity contribution in [2.24, 2.45) is 28.2 Å². The summed E-state index contributed by atoms with van der Waals surface area (Å²) < 4.78 is 0. The van der Waals surface area contributed by atoms with Crippen molar-refractivity contribution in [2.45, 2.75) is 25.8 Å². The molecule has 0 saturated heterocycles. The zero-order chi connectivity index (χ0) is 11.8. The highest BCUT2D eigenvalue weighted by molar-refractivity contribution is 5.75. The van der Waals surface area contributed by atoms with Gasteiger partial charge < -0.3 is 16.6 Å². The third-order valence-corrected chi connectivity index (χ3v) is 2.24. The molecule has 0 aromatic carbocycles. The Balaban J connectivity index is 4.22. The van der Waals surface area contributed by atoms with Crippen LogP contribution in [0.5, 0.6) is 0 Å². The SMILES string of the molecule is CCC(CCN=C(N)N)[C@H](NN)C(=O)O. The molecule has 0 heterocycles. The highest BCUT2D eigenvalue weighted by Crippen LogP contribution is 2.13. The Kier molecular flexibility index (Phi) is 6.39. The van der Waals surface area contributed by atoms with Gasteiger partial charge in [-0.25, -0.2) is 5.43 Å². The highest BCUT2D eigenvalue weighted by Gasteiger charge is 2.24. The van der Waals surface area contributed by atoms with Gasteiger partial charge in [0.15, 0.2) is 5.96 Å². The zero-order valence-corrected chi connectivity index (χ0v) is 8.81. The Morgan fingerprint density at radius 3 is 2.47 bits per heavy atom. The molecule has 0 radical (unpaired) electrons. The van der Waals surface area contributed by atoms with Crippen molar-refractivity contribution in [1.82, 2.24) is 5.43 Å². The van der Waals surface area contributed by atoms with Crippen molar-refractivity contribution in [3.63, 3.8) is 0 Å². The highest BCUT2D eigenvalue weighted by atomic mass is 16.4. The number of nitrogens with two attached hydrogens (primary N) is 3. The van der Waals surface area contributed by atoms with Gasteiger partial charge in [0, 0.05) is 6.54 Å². The molecule has 7 heteroatoms. The fourth-order valence-electron chi connectivity index (χ4n) is 1.37. The molecule has 15 heavy (non-hydrogen) atoms. The van der Waals surface area contributed by atoms with Gasteiger partial charge in [-0.05, 0) is 12.3 Å². The van der Waals surface area contributed by atoms with E-state index < -0.39 is 12.0 Å². The number of carboxylic acid groups (broad SMARTS) is 1. The number of hydrazine groups is 1. The van der Waals surface area contributed by atoms with Crippen molar-refractivity contribution in [1.29, 1.82) is 0 Å². The Morgan fingerprint density at radius 1 is 1.53 bits per heavy atom. The standard InChI is InChI=1S/C8H19N5O2/c1-2-5(3-4-12-8(9)10)6(13-11)7(14)15/h5-6,13H,2-4,11H2,1H3,(H,14,15)(H4,9,10,12)/t5?,6-/m0/s1. The topological polar surface area (TPSA) is 140 Å². The van der Waals surface area contributed by atoms with E-state index in [9.17, 15) is 4.79 Å². The van der Waals surface area contributed by atoms with Crippen LogP contribution in [0.25, 0.3) is 0 Å². The summed E-state index contributed by atoms with van der Waals surface area (Å²) in [6.07, 6.45) is 1.27. The summed E-state index contributed by atoms with van der Waals surface area (Å²) in [7, 11) is 0. The average Bonchev–Trinajstić information content (AvgIpc) is 2.15.